The van der Waals surface area contributed by atoms with E-state index in [0.29, 0.717) is 35.6 Å². The van der Waals surface area contributed by atoms with Crippen LogP contribution in [0.25, 0.3) is 21.8 Å². The number of piperidine rings is 2. The van der Waals surface area contributed by atoms with Gasteiger partial charge in [-0.05, 0) is 56.3 Å². The highest BCUT2D eigenvalue weighted by atomic mass is 16.2. The number of rotatable bonds is 3. The molecule has 10 nitrogen and oxygen atoms in total. The van der Waals surface area contributed by atoms with Gasteiger partial charge in [0.15, 0.2) is 0 Å². The number of nitrogens with zero attached hydrogens (tertiary/aromatic N) is 6. The number of nitrogens with one attached hydrogen (secondary N) is 2. The Morgan fingerprint density at radius 1 is 1.05 bits per heavy atom. The summed E-state index contributed by atoms with van der Waals surface area (Å²) in [5.74, 6) is -0.371. The second kappa shape index (κ2) is 9.83. The van der Waals surface area contributed by atoms with E-state index in [1.165, 1.54) is 6.20 Å². The number of likely N-dealkylation sites (tertiary alicyclic amines) is 2. The monoisotopic (exact) mass is 514 g/mol. The zero-order valence-electron chi connectivity index (χ0n) is 22.1. The lowest BCUT2D eigenvalue weighted by Crippen LogP contribution is -2.46. The van der Waals surface area contributed by atoms with E-state index in [1.54, 1.807) is 17.3 Å². The average molecular weight is 515 g/mol. The number of aromatic nitrogens is 5. The number of anilines is 1. The van der Waals surface area contributed by atoms with Crippen LogP contribution >= 0.6 is 0 Å². The lowest BCUT2D eigenvalue weighted by Gasteiger charge is -2.38. The number of hydrogen-bond acceptors (Lipinski definition) is 6. The number of pyridine rings is 1. The summed E-state index contributed by atoms with van der Waals surface area (Å²) in [4.78, 5) is 34.9. The third kappa shape index (κ3) is 4.53. The maximum atomic E-state index is 13.5. The Hall–Kier alpha value is -3.79. The van der Waals surface area contributed by atoms with Crippen LogP contribution in [0.3, 0.4) is 0 Å². The zero-order valence-corrected chi connectivity index (χ0v) is 22.1. The fourth-order valence-corrected chi connectivity index (χ4v) is 6.15. The topological polar surface area (TPSA) is 112 Å². The van der Waals surface area contributed by atoms with Gasteiger partial charge in [0.05, 0.1) is 41.2 Å². The first-order valence-electron chi connectivity index (χ1n) is 13.4. The van der Waals surface area contributed by atoms with Crippen LogP contribution < -0.4 is 5.32 Å². The molecule has 2 saturated heterocycles. The Balaban J connectivity index is 1.25. The van der Waals surface area contributed by atoms with Crippen LogP contribution in [0.1, 0.15) is 50.8 Å². The van der Waals surface area contributed by atoms with E-state index in [2.05, 4.69) is 75.4 Å². The number of H-pyrrole nitrogens is 1. The smallest absolute Gasteiger partial charge is 0.314 e. The number of amides is 2. The molecule has 3 aromatic heterocycles. The summed E-state index contributed by atoms with van der Waals surface area (Å²) in [7, 11) is 2.17. The van der Waals surface area contributed by atoms with E-state index in [1.807, 2.05) is 0 Å². The van der Waals surface area contributed by atoms with Gasteiger partial charge in [-0.15, -0.1) is 0 Å². The van der Waals surface area contributed by atoms with E-state index in [4.69, 9.17) is 5.10 Å². The van der Waals surface area contributed by atoms with Crippen molar-refractivity contribution < 1.29 is 9.59 Å². The minimum absolute atomic E-state index is 0.178. The number of carbonyl (C=O) groups excluding carboxylic acids is 2. The SMILES string of the molecule is C[C@H]1CC[C@H](c2ccc3cn([C@@H]4CCN(C)C[C@@H]4C)nc3c2)N(C(=O)C(=O)Nc2cncc3cn[nH]c23)C1. The van der Waals surface area contributed by atoms with Gasteiger partial charge in [0, 0.05) is 36.3 Å². The lowest BCUT2D eigenvalue weighted by atomic mass is 9.89. The van der Waals surface area contributed by atoms with Crippen LogP contribution in [0, 0.1) is 11.8 Å². The van der Waals surface area contributed by atoms with Crippen molar-refractivity contribution in [3.05, 3.63) is 48.5 Å². The first-order valence-corrected chi connectivity index (χ1v) is 13.4. The van der Waals surface area contributed by atoms with Crippen LogP contribution in [-0.4, -0.2) is 73.3 Å². The largest absolute Gasteiger partial charge is 0.327 e. The van der Waals surface area contributed by atoms with E-state index < -0.39 is 11.8 Å². The summed E-state index contributed by atoms with van der Waals surface area (Å²) >= 11 is 0. The van der Waals surface area contributed by atoms with Gasteiger partial charge in [-0.25, -0.2) is 0 Å². The Labute approximate surface area is 221 Å². The molecule has 0 radical (unpaired) electrons. The van der Waals surface area contributed by atoms with Gasteiger partial charge in [-0.3, -0.25) is 24.4 Å². The van der Waals surface area contributed by atoms with Gasteiger partial charge in [-0.1, -0.05) is 26.0 Å². The van der Waals surface area contributed by atoms with Gasteiger partial charge >= 0.3 is 11.8 Å². The fourth-order valence-electron chi connectivity index (χ4n) is 6.15. The highest BCUT2D eigenvalue weighted by Gasteiger charge is 2.35. The molecule has 38 heavy (non-hydrogen) atoms. The highest BCUT2D eigenvalue weighted by molar-refractivity contribution is 6.40. The van der Waals surface area contributed by atoms with E-state index in [9.17, 15) is 9.59 Å². The molecule has 6 rings (SSSR count). The van der Waals surface area contributed by atoms with Gasteiger partial charge in [0.2, 0.25) is 0 Å². The predicted molar refractivity (Wildman–Crippen MR) is 145 cm³/mol. The highest BCUT2D eigenvalue weighted by Crippen LogP contribution is 2.35. The molecule has 2 aliphatic rings. The zero-order chi connectivity index (χ0) is 26.4. The van der Waals surface area contributed by atoms with Gasteiger partial charge in [0.1, 0.15) is 0 Å². The maximum Gasteiger partial charge on any atom is 0.314 e. The van der Waals surface area contributed by atoms with Crippen LogP contribution in [0.15, 0.2) is 43.0 Å². The molecular weight excluding hydrogens is 480 g/mol. The predicted octanol–water partition coefficient (Wildman–Crippen LogP) is 3.76. The molecule has 2 amide bonds. The van der Waals surface area contributed by atoms with Gasteiger partial charge < -0.3 is 15.1 Å². The standard InChI is InChI=1S/C28H34N8O2/c1-17-4-7-25(35(14-17)28(38)27(37)31-23-13-29-11-21-12-30-32-26(21)23)19-5-6-20-16-36(33-22(20)10-19)24-8-9-34(3)15-18(24)2/h5-6,10-13,16-18,24-25H,4,7-9,14-15H2,1-3H3,(H,30,32)(H,31,37)/t17-,18-,24+,25+/m0/s1. The Morgan fingerprint density at radius 2 is 1.92 bits per heavy atom. The summed E-state index contributed by atoms with van der Waals surface area (Å²) in [6, 6.07) is 6.48. The number of hydrogen-bond donors (Lipinski definition) is 2. The molecule has 10 heteroatoms. The summed E-state index contributed by atoms with van der Waals surface area (Å²) in [6.45, 7) is 7.08. The Kier molecular flexibility index (Phi) is 6.35. The normalized spacial score (nSPS) is 24.7. The van der Waals surface area contributed by atoms with Crippen LogP contribution in [0.2, 0.25) is 0 Å². The molecule has 5 heterocycles. The Bertz CT molecular complexity index is 1490. The van der Waals surface area contributed by atoms with Crippen LogP contribution in [0.4, 0.5) is 5.69 Å². The van der Waals surface area contributed by atoms with Crippen molar-refractivity contribution >= 4 is 39.3 Å². The second-order valence-electron chi connectivity index (χ2n) is 11.2. The molecule has 2 N–H and O–H groups in total. The fraction of sp³-hybridized carbons (Fsp3) is 0.464. The molecule has 0 bridgehead atoms. The van der Waals surface area contributed by atoms with Crippen molar-refractivity contribution in [3.8, 4) is 0 Å². The average Bonchev–Trinajstić information content (AvgIpc) is 3.55. The van der Waals surface area contributed by atoms with E-state index >= 15 is 0 Å². The van der Waals surface area contributed by atoms with Crippen molar-refractivity contribution in [1.29, 1.82) is 0 Å². The second-order valence-corrected chi connectivity index (χ2v) is 11.2. The third-order valence-electron chi connectivity index (χ3n) is 8.21. The van der Waals surface area contributed by atoms with Crippen molar-refractivity contribution in [1.82, 2.24) is 34.8 Å². The molecule has 198 valence electrons. The summed E-state index contributed by atoms with van der Waals surface area (Å²) in [6.07, 6.45) is 9.84. The molecule has 2 fully saturated rings. The van der Waals surface area contributed by atoms with E-state index in [-0.39, 0.29) is 6.04 Å². The first kappa shape index (κ1) is 24.5. The lowest BCUT2D eigenvalue weighted by molar-refractivity contribution is -0.146. The number of aromatic amines is 1. The van der Waals surface area contributed by atoms with Crippen molar-refractivity contribution in [2.45, 2.75) is 45.2 Å². The molecule has 4 aromatic rings. The van der Waals surface area contributed by atoms with Gasteiger partial charge in [-0.2, -0.15) is 10.2 Å². The number of benzene rings is 1. The first-order chi connectivity index (χ1) is 18.4. The van der Waals surface area contributed by atoms with Crippen LogP contribution in [0.5, 0.6) is 0 Å². The number of fused-ring (bicyclic) bond motifs is 2. The molecule has 4 atom stereocenters. The quantitative estimate of drug-likeness (QED) is 0.403. The van der Waals surface area contributed by atoms with Gasteiger partial charge in [0.25, 0.3) is 0 Å². The number of carbonyl (C=O) groups is 2. The summed E-state index contributed by atoms with van der Waals surface area (Å²) in [5.41, 5.74) is 3.03. The summed E-state index contributed by atoms with van der Waals surface area (Å²) in [5, 5.41) is 16.4. The maximum absolute atomic E-state index is 13.5. The van der Waals surface area contributed by atoms with Crippen molar-refractivity contribution in [3.63, 3.8) is 0 Å². The minimum atomic E-state index is -0.672. The Morgan fingerprint density at radius 3 is 2.76 bits per heavy atom. The minimum Gasteiger partial charge on any atom is -0.327 e. The molecule has 0 unspecified atom stereocenters. The third-order valence-corrected chi connectivity index (χ3v) is 8.21. The molecule has 0 aliphatic carbocycles. The molecule has 0 saturated carbocycles. The molecular formula is C28H34N8O2. The van der Waals surface area contributed by atoms with Crippen molar-refractivity contribution in [2.75, 3.05) is 32.0 Å². The van der Waals surface area contributed by atoms with E-state index in [0.717, 1.165) is 54.2 Å². The molecule has 2 aliphatic heterocycles. The molecule has 1 aromatic carbocycles. The van der Waals surface area contributed by atoms with Crippen molar-refractivity contribution in [2.24, 2.45) is 11.8 Å². The van der Waals surface area contributed by atoms with Crippen LogP contribution in [-0.2, 0) is 9.59 Å². The summed E-state index contributed by atoms with van der Waals surface area (Å²) < 4.78 is 2.13. The molecule has 0 spiro atoms.